The maximum Gasteiger partial charge on any atom is 0.263 e. The lowest BCUT2D eigenvalue weighted by atomic mass is 10.0. The summed E-state index contributed by atoms with van der Waals surface area (Å²) in [7, 11) is 0. The first-order valence-corrected chi connectivity index (χ1v) is 9.99. The fourth-order valence-electron chi connectivity index (χ4n) is 3.84. The molecule has 1 aliphatic heterocycles. The first-order chi connectivity index (χ1) is 13.6. The summed E-state index contributed by atoms with van der Waals surface area (Å²) >= 11 is 1.56. The number of fused-ring (bicyclic) bond motifs is 2. The Morgan fingerprint density at radius 1 is 1.11 bits per heavy atom. The summed E-state index contributed by atoms with van der Waals surface area (Å²) in [5.41, 5.74) is 3.98. The van der Waals surface area contributed by atoms with E-state index >= 15 is 0 Å². The van der Waals surface area contributed by atoms with Crippen LogP contribution in [0.4, 0.5) is 4.39 Å². The van der Waals surface area contributed by atoms with Gasteiger partial charge in [-0.1, -0.05) is 42.5 Å². The van der Waals surface area contributed by atoms with Gasteiger partial charge in [0.15, 0.2) is 0 Å². The molecule has 28 heavy (non-hydrogen) atoms. The molecule has 0 saturated heterocycles. The van der Waals surface area contributed by atoms with Crippen LogP contribution < -0.4 is 5.56 Å². The van der Waals surface area contributed by atoms with Crippen LogP contribution in [-0.2, 0) is 6.54 Å². The minimum absolute atomic E-state index is 0.0192. The molecule has 0 fully saturated rings. The van der Waals surface area contributed by atoms with Crippen LogP contribution in [0.5, 0.6) is 0 Å². The Labute approximate surface area is 165 Å². The molecule has 0 saturated carbocycles. The van der Waals surface area contributed by atoms with E-state index in [4.69, 9.17) is 4.98 Å². The molecule has 5 heteroatoms. The second kappa shape index (κ2) is 6.53. The van der Waals surface area contributed by atoms with E-state index in [2.05, 4.69) is 0 Å². The van der Waals surface area contributed by atoms with E-state index in [0.29, 0.717) is 11.9 Å². The number of halogens is 1. The Hall–Kier alpha value is -3.05. The molecule has 0 N–H and O–H groups in total. The van der Waals surface area contributed by atoms with Gasteiger partial charge in [-0.2, -0.15) is 0 Å². The number of hydrogen-bond donors (Lipinski definition) is 0. The van der Waals surface area contributed by atoms with Gasteiger partial charge in [-0.3, -0.25) is 9.36 Å². The predicted molar refractivity (Wildman–Crippen MR) is 113 cm³/mol. The SMILES string of the molecule is Cc1sc2nc3n(c(=O)c2c1-c1ccccc1)CCC3=Cc1ccc(F)cc1. The quantitative estimate of drug-likeness (QED) is 0.453. The van der Waals surface area contributed by atoms with Crippen molar-refractivity contribution in [2.75, 3.05) is 0 Å². The molecule has 2 aromatic heterocycles. The van der Waals surface area contributed by atoms with Crippen molar-refractivity contribution in [1.82, 2.24) is 9.55 Å². The number of thiophene rings is 1. The largest absolute Gasteiger partial charge is 0.292 e. The van der Waals surface area contributed by atoms with E-state index in [1.807, 2.05) is 43.3 Å². The molecular weight excluding hydrogens is 371 g/mol. The Morgan fingerprint density at radius 3 is 2.61 bits per heavy atom. The summed E-state index contributed by atoms with van der Waals surface area (Å²) in [5, 5.41) is 0.709. The first-order valence-electron chi connectivity index (χ1n) is 9.17. The lowest BCUT2D eigenvalue weighted by Crippen LogP contribution is -2.20. The molecule has 5 rings (SSSR count). The van der Waals surface area contributed by atoms with Gasteiger partial charge in [0.2, 0.25) is 0 Å². The zero-order chi connectivity index (χ0) is 19.3. The highest BCUT2D eigenvalue weighted by atomic mass is 32.1. The fraction of sp³-hybridized carbons (Fsp3) is 0.130. The average Bonchev–Trinajstić information content (AvgIpc) is 3.25. The predicted octanol–water partition coefficient (Wildman–Crippen LogP) is 5.52. The third-order valence-corrected chi connectivity index (χ3v) is 6.15. The summed E-state index contributed by atoms with van der Waals surface area (Å²) in [6.45, 7) is 2.66. The van der Waals surface area contributed by atoms with E-state index in [1.54, 1.807) is 28.0 Å². The highest BCUT2D eigenvalue weighted by molar-refractivity contribution is 7.19. The van der Waals surface area contributed by atoms with Crippen molar-refractivity contribution in [1.29, 1.82) is 0 Å². The third-order valence-electron chi connectivity index (χ3n) is 5.15. The molecule has 2 aromatic carbocycles. The number of nitrogens with zero attached hydrogens (tertiary/aromatic N) is 2. The van der Waals surface area contributed by atoms with Crippen molar-refractivity contribution in [2.45, 2.75) is 19.9 Å². The maximum absolute atomic E-state index is 13.3. The lowest BCUT2D eigenvalue weighted by Gasteiger charge is -2.05. The Kier molecular flexibility index (Phi) is 3.98. The van der Waals surface area contributed by atoms with E-state index in [1.165, 1.54) is 12.1 Å². The second-order valence-electron chi connectivity index (χ2n) is 6.94. The summed E-state index contributed by atoms with van der Waals surface area (Å²) in [4.78, 5) is 20.1. The molecule has 0 unspecified atom stereocenters. The van der Waals surface area contributed by atoms with E-state index in [9.17, 15) is 9.18 Å². The molecule has 0 bridgehead atoms. The van der Waals surface area contributed by atoms with Gasteiger partial charge in [-0.25, -0.2) is 9.37 Å². The molecule has 3 nitrogen and oxygen atoms in total. The van der Waals surface area contributed by atoms with Crippen molar-refractivity contribution < 1.29 is 4.39 Å². The van der Waals surface area contributed by atoms with Crippen molar-refractivity contribution in [3.05, 3.63) is 87.0 Å². The minimum Gasteiger partial charge on any atom is -0.292 e. The van der Waals surface area contributed by atoms with Gasteiger partial charge in [0, 0.05) is 17.0 Å². The monoisotopic (exact) mass is 388 g/mol. The van der Waals surface area contributed by atoms with Crippen LogP contribution in [0, 0.1) is 12.7 Å². The number of rotatable bonds is 2. The van der Waals surface area contributed by atoms with Crippen LogP contribution in [0.25, 0.3) is 33.0 Å². The minimum atomic E-state index is -0.257. The van der Waals surface area contributed by atoms with Crippen LogP contribution in [0.1, 0.15) is 22.7 Å². The maximum atomic E-state index is 13.3. The van der Waals surface area contributed by atoms with E-state index in [-0.39, 0.29) is 11.4 Å². The molecule has 0 spiro atoms. The van der Waals surface area contributed by atoms with Crippen molar-refractivity contribution >= 4 is 33.2 Å². The standard InChI is InChI=1S/C23H17FN2OS/c1-14-19(16-5-3-2-4-6-16)20-22(28-14)25-21-17(11-12-26(21)23(20)27)13-15-7-9-18(24)10-8-15/h2-10,13H,11-12H2,1H3. The number of aryl methyl sites for hydroxylation is 1. The summed E-state index contributed by atoms with van der Waals surface area (Å²) < 4.78 is 14.9. The fourth-order valence-corrected chi connectivity index (χ4v) is 4.88. The lowest BCUT2D eigenvalue weighted by molar-refractivity contribution is 0.628. The molecule has 138 valence electrons. The Balaban J connectivity index is 1.70. The first kappa shape index (κ1) is 17.1. The summed E-state index contributed by atoms with van der Waals surface area (Å²) in [5.74, 6) is 0.468. The average molecular weight is 388 g/mol. The van der Waals surface area contributed by atoms with Gasteiger partial charge in [0.05, 0.1) is 5.39 Å². The number of hydrogen-bond acceptors (Lipinski definition) is 3. The zero-order valence-electron chi connectivity index (χ0n) is 15.3. The molecule has 1 aliphatic rings. The molecule has 0 atom stereocenters. The zero-order valence-corrected chi connectivity index (χ0v) is 16.1. The van der Waals surface area contributed by atoms with Crippen LogP contribution in [0.15, 0.2) is 59.4 Å². The highest BCUT2D eigenvalue weighted by Gasteiger charge is 2.24. The van der Waals surface area contributed by atoms with Gasteiger partial charge in [-0.15, -0.1) is 11.3 Å². The van der Waals surface area contributed by atoms with Crippen molar-refractivity contribution in [3.63, 3.8) is 0 Å². The number of allylic oxidation sites excluding steroid dienone is 1. The Morgan fingerprint density at radius 2 is 1.86 bits per heavy atom. The summed E-state index contributed by atoms with van der Waals surface area (Å²) in [6, 6.07) is 16.4. The normalized spacial score (nSPS) is 14.7. The van der Waals surface area contributed by atoms with E-state index < -0.39 is 0 Å². The highest BCUT2D eigenvalue weighted by Crippen LogP contribution is 2.37. The third kappa shape index (κ3) is 2.70. The molecule has 0 radical (unpaired) electrons. The number of aromatic nitrogens is 2. The van der Waals surface area contributed by atoms with Gasteiger partial charge >= 0.3 is 0 Å². The molecule has 0 aliphatic carbocycles. The van der Waals surface area contributed by atoms with Crippen LogP contribution in [0.3, 0.4) is 0 Å². The van der Waals surface area contributed by atoms with Crippen LogP contribution >= 0.6 is 11.3 Å². The molecular formula is C23H17FN2OS. The molecule has 4 aromatic rings. The van der Waals surface area contributed by atoms with Crippen molar-refractivity contribution in [3.8, 4) is 11.1 Å². The van der Waals surface area contributed by atoms with Crippen molar-refractivity contribution in [2.24, 2.45) is 0 Å². The topological polar surface area (TPSA) is 34.9 Å². The van der Waals surface area contributed by atoms with Gasteiger partial charge < -0.3 is 0 Å². The van der Waals surface area contributed by atoms with Gasteiger partial charge in [-0.05, 0) is 48.3 Å². The summed E-state index contributed by atoms with van der Waals surface area (Å²) in [6.07, 6.45) is 2.74. The number of benzene rings is 2. The smallest absolute Gasteiger partial charge is 0.263 e. The second-order valence-corrected chi connectivity index (χ2v) is 8.15. The van der Waals surface area contributed by atoms with E-state index in [0.717, 1.165) is 44.2 Å². The molecule has 3 heterocycles. The van der Waals surface area contributed by atoms with Gasteiger partial charge in [0.25, 0.3) is 5.56 Å². The molecule has 0 amide bonds. The van der Waals surface area contributed by atoms with Gasteiger partial charge in [0.1, 0.15) is 16.5 Å². The van der Waals surface area contributed by atoms with Crippen LogP contribution in [0.2, 0.25) is 0 Å². The Bertz CT molecular complexity index is 1280. The van der Waals surface area contributed by atoms with Crippen LogP contribution in [-0.4, -0.2) is 9.55 Å².